The number of aromatic hydroxyl groups is 3. The van der Waals surface area contributed by atoms with Crippen LogP contribution in [0.2, 0.25) is 0 Å². The van der Waals surface area contributed by atoms with Crippen molar-refractivity contribution in [3.05, 3.63) is 146 Å². The Morgan fingerprint density at radius 1 is 0.455 bits per heavy atom. The molecule has 0 radical (unpaired) electrons. The molecular weight excluding hydrogens is 820 g/mol. The lowest BCUT2D eigenvalue weighted by Gasteiger charge is -2.08. The van der Waals surface area contributed by atoms with E-state index in [0.717, 1.165) is 25.8 Å². The Hall–Kier alpha value is -4.20. The summed E-state index contributed by atoms with van der Waals surface area (Å²) in [5.74, 6) is 1.86. The number of sulfone groups is 2. The summed E-state index contributed by atoms with van der Waals surface area (Å²) in [4.78, 5) is 4.19. The molecule has 6 aromatic rings. The SMILES string of the molecule is CS(=O)(=O)c1cccc(B(O)O)c1.CS(=O)(=O)c1cccc(Oc2cccc(SSc3cccc(O)c3)c2)c1.Oc1cccc(SSc2cccc(O)c2)c1. The molecule has 0 aliphatic heterocycles. The Morgan fingerprint density at radius 2 is 0.800 bits per heavy atom. The summed E-state index contributed by atoms with van der Waals surface area (Å²) < 4.78 is 51.2. The van der Waals surface area contributed by atoms with E-state index in [-0.39, 0.29) is 32.5 Å². The van der Waals surface area contributed by atoms with Crippen LogP contribution in [0.5, 0.6) is 28.7 Å². The Labute approximate surface area is 336 Å². The summed E-state index contributed by atoms with van der Waals surface area (Å²) in [5.41, 5.74) is 0.169. The molecule has 5 N–H and O–H groups in total. The maximum absolute atomic E-state index is 11.7. The molecule has 55 heavy (non-hydrogen) atoms. The predicted molar refractivity (Wildman–Crippen MR) is 223 cm³/mol. The van der Waals surface area contributed by atoms with E-state index in [2.05, 4.69) is 0 Å². The topological polar surface area (TPSA) is 179 Å². The van der Waals surface area contributed by atoms with Gasteiger partial charge in [-0.25, -0.2) is 16.8 Å². The highest BCUT2D eigenvalue weighted by Crippen LogP contribution is 2.40. The van der Waals surface area contributed by atoms with Crippen LogP contribution in [0.4, 0.5) is 0 Å². The van der Waals surface area contributed by atoms with Crippen molar-refractivity contribution in [1.82, 2.24) is 0 Å². The third-order valence-corrected chi connectivity index (χ3v) is 13.8. The molecule has 0 saturated heterocycles. The van der Waals surface area contributed by atoms with Gasteiger partial charge in [-0.2, -0.15) is 0 Å². The standard InChI is InChI=1S/C19H16O4S3.C12H10O2S2.C7H9BO4S/c1-26(21,22)19-10-4-7-16(13-19)23-15-6-3-9-18(12-15)25-24-17-8-2-5-14(20)11-17;13-9-3-1-5-11(7-9)15-16-12-6-2-4-10(14)8-12;1-13(11,12)7-4-2-3-6(5-7)8(9)10/h2-13,20H,1H3;1-8,13-14H;2-5,9-10H,1H3. The van der Waals surface area contributed by atoms with E-state index in [1.165, 1.54) is 47.4 Å². The van der Waals surface area contributed by atoms with Gasteiger partial charge >= 0.3 is 7.12 Å². The second-order valence-corrected chi connectivity index (χ2v) is 20.0. The van der Waals surface area contributed by atoms with Gasteiger partial charge in [0.2, 0.25) is 0 Å². The number of phenols is 3. The Bertz CT molecular complexity index is 2370. The lowest BCUT2D eigenvalue weighted by Crippen LogP contribution is -2.30. The van der Waals surface area contributed by atoms with Crippen LogP contribution in [0.15, 0.2) is 175 Å². The van der Waals surface area contributed by atoms with Crippen LogP contribution < -0.4 is 10.2 Å². The monoisotopic (exact) mass is 854 g/mol. The number of benzene rings is 6. The van der Waals surface area contributed by atoms with Crippen molar-refractivity contribution in [2.75, 3.05) is 12.5 Å². The molecule has 0 spiro atoms. The zero-order valence-corrected chi connectivity index (χ0v) is 34.1. The third kappa shape index (κ3) is 15.5. The Kier molecular flexibility index (Phi) is 16.3. The molecule has 286 valence electrons. The Morgan fingerprint density at radius 3 is 1.20 bits per heavy atom. The van der Waals surface area contributed by atoms with Crippen LogP contribution in [-0.4, -0.2) is 61.8 Å². The van der Waals surface area contributed by atoms with E-state index < -0.39 is 26.8 Å². The first-order valence-electron chi connectivity index (χ1n) is 15.9. The molecule has 10 nitrogen and oxygen atoms in total. The summed E-state index contributed by atoms with van der Waals surface area (Å²) in [6, 6.07) is 40.7. The zero-order chi connectivity index (χ0) is 40.0. The molecule has 0 bridgehead atoms. The third-order valence-electron chi connectivity index (χ3n) is 6.78. The first kappa shape index (κ1) is 43.5. The van der Waals surface area contributed by atoms with Gasteiger partial charge in [0, 0.05) is 32.1 Å². The number of hydrogen-bond donors (Lipinski definition) is 5. The van der Waals surface area contributed by atoms with E-state index in [0.29, 0.717) is 11.5 Å². The van der Waals surface area contributed by atoms with Crippen LogP contribution >= 0.6 is 43.2 Å². The van der Waals surface area contributed by atoms with Crippen molar-refractivity contribution in [3.8, 4) is 28.7 Å². The van der Waals surface area contributed by atoms with E-state index in [1.807, 2.05) is 42.5 Å². The van der Waals surface area contributed by atoms with Crippen molar-refractivity contribution in [2.45, 2.75) is 29.4 Å². The van der Waals surface area contributed by atoms with Gasteiger partial charge in [0.05, 0.1) is 9.79 Å². The summed E-state index contributed by atoms with van der Waals surface area (Å²) in [7, 11) is -2.04. The summed E-state index contributed by atoms with van der Waals surface area (Å²) >= 11 is 0. The zero-order valence-electron chi connectivity index (χ0n) is 29.2. The van der Waals surface area contributed by atoms with E-state index in [9.17, 15) is 32.2 Å². The Balaban J connectivity index is 0.000000198. The average molecular weight is 855 g/mol. The summed E-state index contributed by atoms with van der Waals surface area (Å²) in [5, 5.41) is 45.6. The molecule has 0 aliphatic rings. The first-order chi connectivity index (χ1) is 26.0. The van der Waals surface area contributed by atoms with E-state index in [4.69, 9.17) is 14.8 Å². The molecule has 0 atom stereocenters. The fourth-order valence-corrected chi connectivity index (χ4v) is 9.52. The lowest BCUT2D eigenvalue weighted by molar-refractivity contribution is 0.425. The maximum atomic E-state index is 11.7. The smallest absolute Gasteiger partial charge is 0.488 e. The van der Waals surface area contributed by atoms with Crippen LogP contribution in [0.3, 0.4) is 0 Å². The largest absolute Gasteiger partial charge is 0.508 e. The number of phenolic OH excluding ortho intramolecular Hbond substituents is 3. The van der Waals surface area contributed by atoms with Gasteiger partial charge in [-0.3, -0.25) is 0 Å². The van der Waals surface area contributed by atoms with Gasteiger partial charge < -0.3 is 30.1 Å². The molecule has 6 aromatic carbocycles. The van der Waals surface area contributed by atoms with Gasteiger partial charge in [0.25, 0.3) is 0 Å². The highest BCUT2D eigenvalue weighted by Gasteiger charge is 2.14. The minimum absolute atomic E-state index is 0.0816. The van der Waals surface area contributed by atoms with Crippen LogP contribution in [-0.2, 0) is 19.7 Å². The molecule has 0 aromatic heterocycles. The highest BCUT2D eigenvalue weighted by molar-refractivity contribution is 8.77. The van der Waals surface area contributed by atoms with Crippen LogP contribution in [0, 0.1) is 0 Å². The van der Waals surface area contributed by atoms with Crippen molar-refractivity contribution in [3.63, 3.8) is 0 Å². The quantitative estimate of drug-likeness (QED) is 0.0624. The van der Waals surface area contributed by atoms with Gasteiger partial charge in [-0.1, -0.05) is 85.6 Å². The molecule has 0 heterocycles. The van der Waals surface area contributed by atoms with Crippen molar-refractivity contribution >= 4 is 75.4 Å². The maximum Gasteiger partial charge on any atom is 0.488 e. The van der Waals surface area contributed by atoms with Crippen molar-refractivity contribution in [1.29, 1.82) is 0 Å². The molecule has 0 fully saturated rings. The van der Waals surface area contributed by atoms with Gasteiger partial charge in [-0.05, 0) is 109 Å². The molecular formula is C38H35BO10S6. The molecule has 0 saturated carbocycles. The predicted octanol–water partition coefficient (Wildman–Crippen LogP) is 8.05. The fourth-order valence-electron chi connectivity index (χ4n) is 4.20. The number of hydrogen-bond acceptors (Lipinski definition) is 14. The second kappa shape index (κ2) is 20.6. The van der Waals surface area contributed by atoms with Gasteiger partial charge in [0.1, 0.15) is 28.7 Å². The van der Waals surface area contributed by atoms with Crippen molar-refractivity contribution in [2.24, 2.45) is 0 Å². The van der Waals surface area contributed by atoms with Crippen LogP contribution in [0.25, 0.3) is 0 Å². The van der Waals surface area contributed by atoms with Crippen LogP contribution in [0.1, 0.15) is 0 Å². The highest BCUT2D eigenvalue weighted by atomic mass is 33.1. The van der Waals surface area contributed by atoms with Gasteiger partial charge in [0.15, 0.2) is 19.7 Å². The van der Waals surface area contributed by atoms with Crippen molar-refractivity contribution < 1.29 is 46.9 Å². The molecule has 6 rings (SSSR count). The fraction of sp³-hybridized carbons (Fsp3) is 0.0526. The minimum atomic E-state index is -3.28. The summed E-state index contributed by atoms with van der Waals surface area (Å²) in [6.07, 6.45) is 2.23. The molecule has 0 aliphatic carbocycles. The average Bonchev–Trinajstić information content (AvgIpc) is 3.13. The molecule has 0 amide bonds. The molecule has 17 heteroatoms. The lowest BCUT2D eigenvalue weighted by atomic mass is 9.80. The second-order valence-electron chi connectivity index (χ2n) is 11.4. The van der Waals surface area contributed by atoms with Gasteiger partial charge in [-0.15, -0.1) is 0 Å². The molecule has 0 unspecified atom stereocenters. The number of ether oxygens (including phenoxy) is 1. The normalized spacial score (nSPS) is 11.0. The number of rotatable bonds is 11. The summed E-state index contributed by atoms with van der Waals surface area (Å²) in [6.45, 7) is 0. The van der Waals surface area contributed by atoms with E-state index in [1.54, 1.807) is 105 Å². The first-order valence-corrected chi connectivity index (χ1v) is 23.9. The van der Waals surface area contributed by atoms with E-state index >= 15 is 0 Å². The minimum Gasteiger partial charge on any atom is -0.508 e.